The second kappa shape index (κ2) is 5.58. The second-order valence-electron chi connectivity index (χ2n) is 4.41. The molecule has 1 N–H and O–H groups in total. The van der Waals surface area contributed by atoms with Gasteiger partial charge in [0.25, 0.3) is 11.2 Å². The van der Waals surface area contributed by atoms with E-state index in [-0.39, 0.29) is 22.7 Å². The molecule has 0 aliphatic rings. The first-order chi connectivity index (χ1) is 9.93. The highest BCUT2D eigenvalue weighted by molar-refractivity contribution is 5.92. The average Bonchev–Trinajstić information content (AvgIpc) is 2.48. The van der Waals surface area contributed by atoms with Gasteiger partial charge in [-0.15, -0.1) is 0 Å². The van der Waals surface area contributed by atoms with Crippen LogP contribution >= 0.6 is 0 Å². The number of non-ortho nitro benzene ring substituents is 1. The third-order valence-electron chi connectivity index (χ3n) is 3.11. The van der Waals surface area contributed by atoms with E-state index in [1.807, 2.05) is 0 Å². The maximum absolute atomic E-state index is 12.1. The SMILES string of the molecule is CNC(=O)/C=C/c1cc2cc([N+](=O)[O-])ccc2n(C)c1=O. The number of carbonyl (C=O) groups is 1. The van der Waals surface area contributed by atoms with Crippen LogP contribution in [0, 0.1) is 10.1 Å². The Morgan fingerprint density at radius 1 is 1.38 bits per heavy atom. The lowest BCUT2D eigenvalue weighted by atomic mass is 10.1. The van der Waals surface area contributed by atoms with Crippen molar-refractivity contribution in [1.29, 1.82) is 0 Å². The number of benzene rings is 1. The highest BCUT2D eigenvalue weighted by atomic mass is 16.6. The normalized spacial score (nSPS) is 11.0. The molecule has 1 aromatic heterocycles. The number of aromatic nitrogens is 1. The van der Waals surface area contributed by atoms with Gasteiger partial charge >= 0.3 is 0 Å². The van der Waals surface area contributed by atoms with Gasteiger partial charge in [-0.3, -0.25) is 19.7 Å². The van der Waals surface area contributed by atoms with Gasteiger partial charge in [0.05, 0.1) is 10.4 Å². The van der Waals surface area contributed by atoms with Crippen molar-refractivity contribution in [3.63, 3.8) is 0 Å². The molecule has 7 heteroatoms. The van der Waals surface area contributed by atoms with Gasteiger partial charge in [0.15, 0.2) is 0 Å². The molecular weight excluding hydrogens is 274 g/mol. The summed E-state index contributed by atoms with van der Waals surface area (Å²) in [6.45, 7) is 0. The summed E-state index contributed by atoms with van der Waals surface area (Å²) in [6, 6.07) is 5.80. The Morgan fingerprint density at radius 2 is 2.10 bits per heavy atom. The second-order valence-corrected chi connectivity index (χ2v) is 4.41. The molecule has 2 aromatic rings. The zero-order valence-corrected chi connectivity index (χ0v) is 11.5. The standard InChI is InChI=1S/C14H13N3O4/c1-15-13(18)6-3-9-7-10-8-11(17(20)21)4-5-12(10)16(2)14(9)19/h3-8H,1-2H3,(H,15,18)/b6-3+. The fraction of sp³-hybridized carbons (Fsp3) is 0.143. The fourth-order valence-corrected chi connectivity index (χ4v) is 1.98. The third kappa shape index (κ3) is 2.81. The van der Waals surface area contributed by atoms with Gasteiger partial charge in [-0.05, 0) is 18.2 Å². The highest BCUT2D eigenvalue weighted by Gasteiger charge is 2.10. The fourth-order valence-electron chi connectivity index (χ4n) is 1.98. The van der Waals surface area contributed by atoms with Crippen molar-refractivity contribution in [3.05, 3.63) is 56.4 Å². The topological polar surface area (TPSA) is 94.2 Å². The van der Waals surface area contributed by atoms with Crippen molar-refractivity contribution in [2.75, 3.05) is 7.05 Å². The third-order valence-corrected chi connectivity index (χ3v) is 3.11. The minimum Gasteiger partial charge on any atom is -0.356 e. The van der Waals surface area contributed by atoms with E-state index in [2.05, 4.69) is 5.32 Å². The first-order valence-electron chi connectivity index (χ1n) is 6.12. The van der Waals surface area contributed by atoms with E-state index in [1.165, 1.54) is 48.0 Å². The lowest BCUT2D eigenvalue weighted by Crippen LogP contribution is -2.20. The van der Waals surface area contributed by atoms with E-state index in [1.54, 1.807) is 7.05 Å². The number of amides is 1. The first-order valence-corrected chi connectivity index (χ1v) is 6.12. The molecule has 108 valence electrons. The molecule has 0 fully saturated rings. The Labute approximate surface area is 119 Å². The summed E-state index contributed by atoms with van der Waals surface area (Å²) in [5, 5.41) is 13.8. The molecule has 21 heavy (non-hydrogen) atoms. The largest absolute Gasteiger partial charge is 0.356 e. The van der Waals surface area contributed by atoms with E-state index in [0.29, 0.717) is 10.9 Å². The Morgan fingerprint density at radius 3 is 2.71 bits per heavy atom. The molecule has 1 amide bonds. The highest BCUT2D eigenvalue weighted by Crippen LogP contribution is 2.20. The van der Waals surface area contributed by atoms with Gasteiger partial charge in [0, 0.05) is 43.3 Å². The van der Waals surface area contributed by atoms with Crippen LogP contribution in [0.5, 0.6) is 0 Å². The van der Waals surface area contributed by atoms with Gasteiger partial charge in [-0.25, -0.2) is 0 Å². The summed E-state index contributed by atoms with van der Waals surface area (Å²) >= 11 is 0. The Balaban J connectivity index is 2.65. The lowest BCUT2D eigenvalue weighted by molar-refractivity contribution is -0.384. The van der Waals surface area contributed by atoms with Crippen LogP contribution in [0.2, 0.25) is 0 Å². The number of fused-ring (bicyclic) bond motifs is 1. The lowest BCUT2D eigenvalue weighted by Gasteiger charge is -2.06. The molecule has 0 spiro atoms. The molecule has 1 heterocycles. The van der Waals surface area contributed by atoms with Gasteiger partial charge < -0.3 is 9.88 Å². The Bertz CT molecular complexity index is 821. The molecular formula is C14H13N3O4. The number of rotatable bonds is 3. The van der Waals surface area contributed by atoms with Crippen molar-refractivity contribution < 1.29 is 9.72 Å². The van der Waals surface area contributed by atoms with Gasteiger partial charge in [0.1, 0.15) is 0 Å². The van der Waals surface area contributed by atoms with Gasteiger partial charge in [0.2, 0.25) is 5.91 Å². The summed E-state index contributed by atoms with van der Waals surface area (Å²) in [5.74, 6) is -0.337. The molecule has 0 aliphatic carbocycles. The van der Waals surface area contributed by atoms with Crippen LogP contribution in [0.25, 0.3) is 17.0 Å². The van der Waals surface area contributed by atoms with Crippen molar-refractivity contribution in [2.24, 2.45) is 7.05 Å². The molecule has 0 saturated carbocycles. The number of nitro groups is 1. The zero-order valence-electron chi connectivity index (χ0n) is 11.5. The van der Waals surface area contributed by atoms with E-state index >= 15 is 0 Å². The molecule has 0 aliphatic heterocycles. The molecule has 0 radical (unpaired) electrons. The number of nitro benzene ring substituents is 1. The summed E-state index contributed by atoms with van der Waals surface area (Å²) in [5.41, 5.74) is 0.538. The molecule has 2 rings (SSSR count). The van der Waals surface area contributed by atoms with E-state index in [9.17, 15) is 19.7 Å². The van der Waals surface area contributed by atoms with Crippen LogP contribution in [-0.2, 0) is 11.8 Å². The molecule has 0 atom stereocenters. The molecule has 0 bridgehead atoms. The van der Waals surface area contributed by atoms with Crippen molar-refractivity contribution in [1.82, 2.24) is 9.88 Å². The summed E-state index contributed by atoms with van der Waals surface area (Å²) < 4.78 is 1.39. The molecule has 0 saturated heterocycles. The zero-order chi connectivity index (χ0) is 15.6. The Kier molecular flexibility index (Phi) is 3.84. The number of pyridine rings is 1. The van der Waals surface area contributed by atoms with E-state index < -0.39 is 4.92 Å². The Hall–Kier alpha value is -2.96. The number of aryl methyl sites for hydroxylation is 1. The number of carbonyl (C=O) groups excluding carboxylic acids is 1. The van der Waals surface area contributed by atoms with Crippen molar-refractivity contribution >= 4 is 28.6 Å². The van der Waals surface area contributed by atoms with Gasteiger partial charge in [-0.2, -0.15) is 0 Å². The predicted molar refractivity (Wildman–Crippen MR) is 78.9 cm³/mol. The predicted octanol–water partition coefficient (Wildman–Crippen LogP) is 1.21. The minimum atomic E-state index is -0.495. The number of hydrogen-bond donors (Lipinski definition) is 1. The van der Waals surface area contributed by atoms with E-state index in [4.69, 9.17) is 0 Å². The van der Waals surface area contributed by atoms with Crippen LogP contribution in [0.4, 0.5) is 5.69 Å². The van der Waals surface area contributed by atoms with E-state index in [0.717, 1.165) is 0 Å². The summed E-state index contributed by atoms with van der Waals surface area (Å²) in [6.07, 6.45) is 2.62. The van der Waals surface area contributed by atoms with Crippen LogP contribution in [0.3, 0.4) is 0 Å². The van der Waals surface area contributed by atoms with Crippen LogP contribution in [-0.4, -0.2) is 22.4 Å². The minimum absolute atomic E-state index is 0.0534. The maximum atomic E-state index is 12.1. The number of nitrogens with zero attached hydrogens (tertiary/aromatic N) is 2. The number of nitrogens with one attached hydrogen (secondary N) is 1. The number of likely N-dealkylation sites (N-methyl/N-ethyl adjacent to an activating group) is 1. The monoisotopic (exact) mass is 287 g/mol. The first kappa shape index (κ1) is 14.4. The number of hydrogen-bond acceptors (Lipinski definition) is 4. The quantitative estimate of drug-likeness (QED) is 0.521. The van der Waals surface area contributed by atoms with Crippen LogP contribution < -0.4 is 10.9 Å². The van der Waals surface area contributed by atoms with Crippen LogP contribution in [0.1, 0.15) is 5.56 Å². The van der Waals surface area contributed by atoms with Crippen LogP contribution in [0.15, 0.2) is 35.1 Å². The average molecular weight is 287 g/mol. The molecule has 0 unspecified atom stereocenters. The smallest absolute Gasteiger partial charge is 0.270 e. The summed E-state index contributed by atoms with van der Waals surface area (Å²) in [4.78, 5) is 33.7. The summed E-state index contributed by atoms with van der Waals surface area (Å²) in [7, 11) is 3.06. The van der Waals surface area contributed by atoms with Gasteiger partial charge in [-0.1, -0.05) is 0 Å². The van der Waals surface area contributed by atoms with Crippen molar-refractivity contribution in [3.8, 4) is 0 Å². The molecule has 1 aromatic carbocycles. The van der Waals surface area contributed by atoms with Crippen molar-refractivity contribution in [2.45, 2.75) is 0 Å². The molecule has 7 nitrogen and oxygen atoms in total. The maximum Gasteiger partial charge on any atom is 0.270 e.